The number of alkyl halides is 3. The number of pyridine rings is 1. The van der Waals surface area contributed by atoms with E-state index in [9.17, 15) is 18.0 Å². The number of ether oxygens (including phenoxy) is 3. The molecule has 1 aromatic heterocycles. The topological polar surface area (TPSA) is 64.1 Å². The van der Waals surface area contributed by atoms with Crippen LogP contribution >= 0.6 is 11.6 Å². The highest BCUT2D eigenvalue weighted by Gasteiger charge is 2.32. The van der Waals surface area contributed by atoms with Crippen molar-refractivity contribution >= 4 is 28.5 Å². The summed E-state index contributed by atoms with van der Waals surface area (Å²) in [6, 6.07) is 8.76. The first-order chi connectivity index (χ1) is 20.2. The number of likely N-dealkylation sites (tertiary alicyclic amines) is 1. The molecule has 3 heterocycles. The molecule has 0 radical (unpaired) electrons. The molecule has 0 atom stereocenters. The average molecular weight is 606 g/mol. The van der Waals surface area contributed by atoms with Crippen LogP contribution in [-0.2, 0) is 22.2 Å². The number of piperidine rings is 1. The highest BCUT2D eigenvalue weighted by Crippen LogP contribution is 2.39. The van der Waals surface area contributed by atoms with Crippen LogP contribution in [0.2, 0.25) is 5.02 Å². The van der Waals surface area contributed by atoms with Crippen LogP contribution in [0.4, 0.5) is 13.2 Å². The van der Waals surface area contributed by atoms with E-state index in [-0.39, 0.29) is 11.1 Å². The quantitative estimate of drug-likeness (QED) is 0.274. The Hall–Kier alpha value is -2.92. The second-order valence-corrected chi connectivity index (χ2v) is 11.1. The van der Waals surface area contributed by atoms with E-state index < -0.39 is 17.7 Å². The molecule has 0 saturated carbocycles. The van der Waals surface area contributed by atoms with E-state index in [1.165, 1.54) is 13.2 Å². The van der Waals surface area contributed by atoms with Gasteiger partial charge in [0.15, 0.2) is 0 Å². The fourth-order valence-electron chi connectivity index (χ4n) is 5.81. The largest absolute Gasteiger partial charge is 0.492 e. The van der Waals surface area contributed by atoms with Crippen molar-refractivity contribution in [2.75, 3.05) is 53.1 Å². The number of rotatable bonds is 8. The molecule has 0 aliphatic carbocycles. The van der Waals surface area contributed by atoms with E-state index in [1.54, 1.807) is 18.2 Å². The summed E-state index contributed by atoms with van der Waals surface area (Å²) in [5, 5.41) is 0.775. The van der Waals surface area contributed by atoms with Gasteiger partial charge >= 0.3 is 12.1 Å². The number of nitrogens with zero attached hydrogens (tertiary/aromatic N) is 3. The van der Waals surface area contributed by atoms with Gasteiger partial charge in [-0.2, -0.15) is 13.2 Å². The second kappa shape index (κ2) is 13.2. The van der Waals surface area contributed by atoms with Crippen molar-refractivity contribution < 1.29 is 32.2 Å². The summed E-state index contributed by atoms with van der Waals surface area (Å²) < 4.78 is 57.7. The molecule has 0 N–H and O–H groups in total. The molecule has 5 rings (SSSR count). The van der Waals surface area contributed by atoms with E-state index in [0.29, 0.717) is 52.1 Å². The van der Waals surface area contributed by atoms with Gasteiger partial charge in [0.05, 0.1) is 54.3 Å². The highest BCUT2D eigenvalue weighted by molar-refractivity contribution is 6.33. The summed E-state index contributed by atoms with van der Waals surface area (Å²) >= 11 is 6.57. The maximum atomic E-state index is 13.7. The van der Waals surface area contributed by atoms with E-state index in [0.717, 1.165) is 70.8 Å². The molecule has 2 saturated heterocycles. The number of morpholine rings is 1. The number of carbonyl (C=O) groups is 1. The van der Waals surface area contributed by atoms with Crippen LogP contribution in [0.1, 0.15) is 47.7 Å². The molecule has 3 aromatic rings. The molecule has 0 unspecified atom stereocenters. The molecule has 2 aromatic carbocycles. The number of hydrogen-bond donors (Lipinski definition) is 0. The number of halogens is 4. The van der Waals surface area contributed by atoms with Crippen molar-refractivity contribution in [2.24, 2.45) is 0 Å². The van der Waals surface area contributed by atoms with Gasteiger partial charge in [-0.15, -0.1) is 0 Å². The smallest absolute Gasteiger partial charge is 0.416 e. The van der Waals surface area contributed by atoms with Gasteiger partial charge in [-0.05, 0) is 50.6 Å². The zero-order valence-electron chi connectivity index (χ0n) is 23.8. The standard InChI is InChI=1S/C31H35ClF3N3O4/c1-3-13-42-27-18-26-23(17-25(27)32)28(30(39)40-2)24(29(36-26)20-5-4-6-21(16-20)31(33,34)35)19-37-9-7-22(8-10-37)38-11-14-41-15-12-38/h4-6,16-18,22H,3,7-15,19H2,1-2H3. The van der Waals surface area contributed by atoms with Gasteiger partial charge in [0.25, 0.3) is 0 Å². The Bertz CT molecular complexity index is 1420. The van der Waals surface area contributed by atoms with Crippen LogP contribution in [-0.4, -0.2) is 79.9 Å². The Labute approximate surface area is 248 Å². The highest BCUT2D eigenvalue weighted by atomic mass is 35.5. The molecule has 226 valence electrons. The SMILES string of the molecule is CCCOc1cc2nc(-c3cccc(C(F)(F)F)c3)c(CN3CCC(N4CCOCC4)CC3)c(C(=O)OC)c2cc1Cl. The predicted octanol–water partition coefficient (Wildman–Crippen LogP) is 6.45. The van der Waals surface area contributed by atoms with Crippen LogP contribution in [0.15, 0.2) is 36.4 Å². The molecule has 0 amide bonds. The van der Waals surface area contributed by atoms with Crippen molar-refractivity contribution in [3.05, 3.63) is 58.1 Å². The number of methoxy groups -OCH3 is 1. The number of carbonyl (C=O) groups excluding carboxylic acids is 1. The van der Waals surface area contributed by atoms with Crippen LogP contribution < -0.4 is 4.74 Å². The summed E-state index contributed by atoms with van der Waals surface area (Å²) in [4.78, 5) is 22.9. The van der Waals surface area contributed by atoms with Crippen molar-refractivity contribution in [1.29, 1.82) is 0 Å². The van der Waals surface area contributed by atoms with Crippen molar-refractivity contribution in [1.82, 2.24) is 14.8 Å². The fourth-order valence-corrected chi connectivity index (χ4v) is 6.02. The van der Waals surface area contributed by atoms with Crippen molar-refractivity contribution in [2.45, 2.75) is 44.9 Å². The number of esters is 1. The molecular formula is C31H35ClF3N3O4. The van der Waals surface area contributed by atoms with Gasteiger partial charge < -0.3 is 14.2 Å². The summed E-state index contributed by atoms with van der Waals surface area (Å²) in [6.07, 6.45) is -1.89. The molecule has 0 spiro atoms. The summed E-state index contributed by atoms with van der Waals surface area (Å²) in [7, 11) is 1.29. The van der Waals surface area contributed by atoms with Gasteiger partial charge in [-0.25, -0.2) is 9.78 Å². The zero-order valence-corrected chi connectivity index (χ0v) is 24.6. The van der Waals surface area contributed by atoms with E-state index in [4.69, 9.17) is 30.8 Å². The molecule has 0 bridgehead atoms. The predicted molar refractivity (Wildman–Crippen MR) is 155 cm³/mol. The van der Waals surface area contributed by atoms with Crippen molar-refractivity contribution in [3.8, 4) is 17.0 Å². The number of aromatic nitrogens is 1. The maximum absolute atomic E-state index is 13.7. The molecule has 2 aliphatic rings. The van der Waals surface area contributed by atoms with Crippen LogP contribution in [0.5, 0.6) is 5.75 Å². The third-order valence-corrected chi connectivity index (χ3v) is 8.25. The molecule has 11 heteroatoms. The first-order valence-corrected chi connectivity index (χ1v) is 14.7. The summed E-state index contributed by atoms with van der Waals surface area (Å²) in [5.41, 5.74) is 0.912. The third-order valence-electron chi connectivity index (χ3n) is 7.95. The fraction of sp³-hybridized carbons (Fsp3) is 0.484. The molecule has 2 fully saturated rings. The normalized spacial score (nSPS) is 17.5. The Morgan fingerprint density at radius 1 is 1.12 bits per heavy atom. The van der Waals surface area contributed by atoms with E-state index in [1.807, 2.05) is 6.92 Å². The van der Waals surface area contributed by atoms with Gasteiger partial charge in [-0.3, -0.25) is 9.80 Å². The first-order valence-electron chi connectivity index (χ1n) is 14.3. The first kappa shape index (κ1) is 30.5. The lowest BCUT2D eigenvalue weighted by Crippen LogP contribution is -2.48. The van der Waals surface area contributed by atoms with E-state index >= 15 is 0 Å². The molecule has 42 heavy (non-hydrogen) atoms. The number of fused-ring (bicyclic) bond motifs is 1. The Balaban J connectivity index is 1.60. The Morgan fingerprint density at radius 3 is 2.52 bits per heavy atom. The monoisotopic (exact) mass is 605 g/mol. The minimum Gasteiger partial charge on any atom is -0.492 e. The summed E-state index contributed by atoms with van der Waals surface area (Å²) in [6.45, 7) is 7.55. The second-order valence-electron chi connectivity index (χ2n) is 10.7. The number of benzene rings is 2. The Morgan fingerprint density at radius 2 is 1.86 bits per heavy atom. The minimum absolute atomic E-state index is 0.245. The lowest BCUT2D eigenvalue weighted by molar-refractivity contribution is -0.137. The van der Waals surface area contributed by atoms with Gasteiger partial charge in [0.1, 0.15) is 5.75 Å². The van der Waals surface area contributed by atoms with Gasteiger partial charge in [0, 0.05) is 48.3 Å². The van der Waals surface area contributed by atoms with Crippen LogP contribution in [0.25, 0.3) is 22.2 Å². The summed E-state index contributed by atoms with van der Waals surface area (Å²) in [5.74, 6) is -0.214. The molecule has 7 nitrogen and oxygen atoms in total. The van der Waals surface area contributed by atoms with E-state index in [2.05, 4.69) is 9.80 Å². The number of hydrogen-bond acceptors (Lipinski definition) is 7. The third kappa shape index (κ3) is 6.67. The average Bonchev–Trinajstić information content (AvgIpc) is 3.00. The van der Waals surface area contributed by atoms with Gasteiger partial charge in [-0.1, -0.05) is 30.7 Å². The molecule has 2 aliphatic heterocycles. The lowest BCUT2D eigenvalue weighted by Gasteiger charge is -2.40. The lowest BCUT2D eigenvalue weighted by atomic mass is 9.94. The zero-order chi connectivity index (χ0) is 29.9. The minimum atomic E-state index is -4.53. The molecular weight excluding hydrogens is 571 g/mol. The Kier molecular flexibility index (Phi) is 9.57. The van der Waals surface area contributed by atoms with Gasteiger partial charge in [0.2, 0.25) is 0 Å². The van der Waals surface area contributed by atoms with Crippen molar-refractivity contribution in [3.63, 3.8) is 0 Å². The van der Waals surface area contributed by atoms with Crippen LogP contribution in [0.3, 0.4) is 0 Å². The maximum Gasteiger partial charge on any atom is 0.416 e. The van der Waals surface area contributed by atoms with Crippen LogP contribution in [0, 0.1) is 0 Å².